The summed E-state index contributed by atoms with van der Waals surface area (Å²) < 4.78 is 11.2. The zero-order valence-electron chi connectivity index (χ0n) is 17.4. The van der Waals surface area contributed by atoms with Crippen LogP contribution in [0.2, 0.25) is 10.0 Å². The molecule has 0 radical (unpaired) electrons. The molecule has 0 aliphatic carbocycles. The Kier molecular flexibility index (Phi) is 7.22. The topological polar surface area (TPSA) is 84.9 Å². The van der Waals surface area contributed by atoms with Crippen LogP contribution in [0.5, 0.6) is 11.5 Å². The summed E-state index contributed by atoms with van der Waals surface area (Å²) in [6.07, 6.45) is 2.90. The lowest BCUT2D eigenvalue weighted by Crippen LogP contribution is -2.54. The number of halogens is 2. The fourth-order valence-corrected chi connectivity index (χ4v) is 3.52. The highest BCUT2D eigenvalue weighted by molar-refractivity contribution is 6.40. The first-order valence-electron chi connectivity index (χ1n) is 9.64. The van der Waals surface area contributed by atoms with E-state index in [2.05, 4.69) is 11.9 Å². The molecular weight excluding hydrogens is 455 g/mol. The molecule has 0 aromatic heterocycles. The molecule has 4 amide bonds. The third-order valence-electron chi connectivity index (χ3n) is 4.50. The number of nitrogens with zero attached hydrogens (tertiary/aromatic N) is 1. The summed E-state index contributed by atoms with van der Waals surface area (Å²) >= 11 is 12.4. The van der Waals surface area contributed by atoms with Crippen LogP contribution in [0.25, 0.3) is 6.08 Å². The molecule has 1 aliphatic rings. The molecule has 7 nitrogen and oxygen atoms in total. The van der Waals surface area contributed by atoms with Gasteiger partial charge in [0.1, 0.15) is 12.2 Å². The fourth-order valence-electron chi connectivity index (χ4n) is 3.08. The first-order valence-corrected chi connectivity index (χ1v) is 10.4. The molecule has 1 N–H and O–H groups in total. The Balaban J connectivity index is 2.05. The molecule has 9 heteroatoms. The molecule has 0 spiro atoms. The number of ether oxygens (including phenoxy) is 2. The van der Waals surface area contributed by atoms with Crippen LogP contribution in [0.1, 0.15) is 18.1 Å². The molecule has 0 saturated carbocycles. The lowest BCUT2D eigenvalue weighted by atomic mass is 10.1. The van der Waals surface area contributed by atoms with Gasteiger partial charge in [-0.2, -0.15) is 0 Å². The number of aryl methyl sites for hydroxylation is 1. The predicted octanol–water partition coefficient (Wildman–Crippen LogP) is 4.93. The lowest BCUT2D eigenvalue weighted by molar-refractivity contribution is -0.122. The van der Waals surface area contributed by atoms with Crippen molar-refractivity contribution in [2.24, 2.45) is 0 Å². The van der Waals surface area contributed by atoms with Gasteiger partial charge in [0, 0.05) is 5.02 Å². The number of amides is 4. The molecule has 2 aromatic rings. The van der Waals surface area contributed by atoms with E-state index in [0.717, 1.165) is 4.90 Å². The van der Waals surface area contributed by atoms with Crippen LogP contribution in [0, 0.1) is 6.92 Å². The molecule has 0 unspecified atom stereocenters. The Labute approximate surface area is 195 Å². The van der Waals surface area contributed by atoms with Gasteiger partial charge in [-0.3, -0.25) is 14.9 Å². The van der Waals surface area contributed by atoms with Crippen LogP contribution in [0.15, 0.2) is 48.6 Å². The molecule has 32 heavy (non-hydrogen) atoms. The second-order valence-electron chi connectivity index (χ2n) is 6.75. The number of carbonyl (C=O) groups is 3. The average Bonchev–Trinajstić information content (AvgIpc) is 2.73. The maximum atomic E-state index is 13.2. The third kappa shape index (κ3) is 4.79. The van der Waals surface area contributed by atoms with Crippen LogP contribution < -0.4 is 19.7 Å². The van der Waals surface area contributed by atoms with Crippen molar-refractivity contribution in [1.82, 2.24) is 5.32 Å². The van der Waals surface area contributed by atoms with Crippen molar-refractivity contribution in [3.63, 3.8) is 0 Å². The first kappa shape index (κ1) is 23.4. The highest BCUT2D eigenvalue weighted by Crippen LogP contribution is 2.37. The van der Waals surface area contributed by atoms with E-state index >= 15 is 0 Å². The van der Waals surface area contributed by atoms with Crippen LogP contribution in [-0.2, 0) is 9.59 Å². The molecule has 1 heterocycles. The minimum absolute atomic E-state index is 0.219. The summed E-state index contributed by atoms with van der Waals surface area (Å²) in [6.45, 7) is 7.69. The van der Waals surface area contributed by atoms with Crippen molar-refractivity contribution < 1.29 is 23.9 Å². The van der Waals surface area contributed by atoms with Crippen molar-refractivity contribution in [2.45, 2.75) is 13.8 Å². The van der Waals surface area contributed by atoms with E-state index in [9.17, 15) is 14.4 Å². The van der Waals surface area contributed by atoms with Gasteiger partial charge in [-0.05, 0) is 55.3 Å². The van der Waals surface area contributed by atoms with Gasteiger partial charge in [0.25, 0.3) is 11.8 Å². The zero-order valence-corrected chi connectivity index (χ0v) is 18.9. The van der Waals surface area contributed by atoms with Gasteiger partial charge in [0.15, 0.2) is 11.5 Å². The number of nitrogens with one attached hydrogen (secondary N) is 1. The van der Waals surface area contributed by atoms with E-state index in [0.29, 0.717) is 34.3 Å². The minimum Gasteiger partial charge on any atom is -0.490 e. The largest absolute Gasteiger partial charge is 0.490 e. The lowest BCUT2D eigenvalue weighted by Gasteiger charge is -2.27. The Morgan fingerprint density at radius 2 is 1.88 bits per heavy atom. The highest BCUT2D eigenvalue weighted by atomic mass is 35.5. The van der Waals surface area contributed by atoms with Crippen LogP contribution in [0.4, 0.5) is 10.5 Å². The smallest absolute Gasteiger partial charge is 0.335 e. The number of urea groups is 1. The third-order valence-corrected chi connectivity index (χ3v) is 5.02. The van der Waals surface area contributed by atoms with Crippen molar-refractivity contribution in [1.29, 1.82) is 0 Å². The maximum Gasteiger partial charge on any atom is 0.335 e. The van der Waals surface area contributed by atoms with Gasteiger partial charge >= 0.3 is 6.03 Å². The molecule has 1 saturated heterocycles. The van der Waals surface area contributed by atoms with Gasteiger partial charge in [-0.25, -0.2) is 9.69 Å². The normalized spacial score (nSPS) is 15.1. The molecule has 3 rings (SSSR count). The number of imide groups is 2. The highest BCUT2D eigenvalue weighted by Gasteiger charge is 2.37. The summed E-state index contributed by atoms with van der Waals surface area (Å²) in [5.74, 6) is -0.945. The number of hydrogen-bond donors (Lipinski definition) is 1. The van der Waals surface area contributed by atoms with Gasteiger partial charge < -0.3 is 9.47 Å². The van der Waals surface area contributed by atoms with Crippen molar-refractivity contribution in [3.8, 4) is 11.5 Å². The first-order chi connectivity index (χ1) is 15.3. The number of hydrogen-bond acceptors (Lipinski definition) is 5. The number of benzene rings is 2. The van der Waals surface area contributed by atoms with E-state index in [1.165, 1.54) is 18.2 Å². The summed E-state index contributed by atoms with van der Waals surface area (Å²) in [6, 6.07) is 7.06. The predicted molar refractivity (Wildman–Crippen MR) is 124 cm³/mol. The molecule has 1 fully saturated rings. The van der Waals surface area contributed by atoms with Crippen LogP contribution in [-0.4, -0.2) is 31.1 Å². The molecule has 1 aliphatic heterocycles. The SMILES string of the molecule is C=CCOc1c(Cl)cc(/C=C2\C(=O)NC(=O)N(c3cc(Cl)ccc3C)C2=O)cc1OCC. The number of carbonyl (C=O) groups excluding carboxylic acids is 3. The van der Waals surface area contributed by atoms with Crippen molar-refractivity contribution >= 4 is 52.8 Å². The zero-order chi connectivity index (χ0) is 23.4. The van der Waals surface area contributed by atoms with Crippen molar-refractivity contribution in [3.05, 3.63) is 69.7 Å². The Hall–Kier alpha value is -3.29. The maximum absolute atomic E-state index is 13.2. The summed E-state index contributed by atoms with van der Waals surface area (Å²) in [7, 11) is 0. The van der Waals surface area contributed by atoms with Gasteiger partial charge in [-0.1, -0.05) is 41.9 Å². The monoisotopic (exact) mass is 474 g/mol. The van der Waals surface area contributed by atoms with E-state index in [-0.39, 0.29) is 22.9 Å². The number of anilines is 1. The van der Waals surface area contributed by atoms with Crippen molar-refractivity contribution in [2.75, 3.05) is 18.1 Å². The fraction of sp³-hybridized carbons (Fsp3) is 0.174. The van der Waals surface area contributed by atoms with Gasteiger partial charge in [-0.15, -0.1) is 0 Å². The van der Waals surface area contributed by atoms with Crippen LogP contribution in [0.3, 0.4) is 0 Å². The Bertz CT molecular complexity index is 1140. The number of barbiturate groups is 1. The van der Waals surface area contributed by atoms with E-state index in [4.69, 9.17) is 32.7 Å². The Morgan fingerprint density at radius 3 is 2.56 bits per heavy atom. The summed E-state index contributed by atoms with van der Waals surface area (Å²) in [5, 5.41) is 2.76. The summed E-state index contributed by atoms with van der Waals surface area (Å²) in [5.41, 5.74) is 1.08. The molecular formula is C23H20Cl2N2O5. The molecule has 166 valence electrons. The molecule has 0 bridgehead atoms. The van der Waals surface area contributed by atoms with E-state index in [1.54, 1.807) is 38.1 Å². The molecule has 2 aromatic carbocycles. The minimum atomic E-state index is -0.858. The second-order valence-corrected chi connectivity index (χ2v) is 7.59. The summed E-state index contributed by atoms with van der Waals surface area (Å²) in [4.78, 5) is 39.0. The second kappa shape index (κ2) is 9.89. The van der Waals surface area contributed by atoms with Crippen LogP contribution >= 0.6 is 23.2 Å². The number of rotatable bonds is 7. The van der Waals surface area contributed by atoms with E-state index < -0.39 is 17.8 Å². The van der Waals surface area contributed by atoms with Gasteiger partial charge in [0.05, 0.1) is 17.3 Å². The standard InChI is InChI=1S/C23H20Cl2N2O5/c1-4-8-32-20-17(25)10-14(11-19(20)31-5-2)9-16-21(28)26-23(30)27(22(16)29)18-12-15(24)7-6-13(18)3/h4,6-7,9-12H,1,5,8H2,2-3H3,(H,26,28,30)/b16-9+. The van der Waals surface area contributed by atoms with Gasteiger partial charge in [0.2, 0.25) is 0 Å². The Morgan fingerprint density at radius 1 is 1.12 bits per heavy atom. The van der Waals surface area contributed by atoms with E-state index in [1.807, 2.05) is 0 Å². The average molecular weight is 475 g/mol. The molecule has 0 atom stereocenters. The quantitative estimate of drug-likeness (QED) is 0.349.